The van der Waals surface area contributed by atoms with Gasteiger partial charge in [0.15, 0.2) is 0 Å². The van der Waals surface area contributed by atoms with Crippen LogP contribution in [0.4, 0.5) is 0 Å². The van der Waals surface area contributed by atoms with Gasteiger partial charge in [0.2, 0.25) is 0 Å². The van der Waals surface area contributed by atoms with E-state index in [9.17, 15) is 9.59 Å². The Morgan fingerprint density at radius 2 is 1.90 bits per heavy atom. The van der Waals surface area contributed by atoms with Crippen LogP contribution in [0.3, 0.4) is 0 Å². The molecule has 9 atom stereocenters. The van der Waals surface area contributed by atoms with Crippen LogP contribution in [0.1, 0.15) is 85.5 Å². The highest BCUT2D eigenvalue weighted by Crippen LogP contribution is 2.68. The second-order valence-electron chi connectivity index (χ2n) is 11.5. The average molecular weight is 431 g/mol. The van der Waals surface area contributed by atoms with Gasteiger partial charge in [-0.1, -0.05) is 32.9 Å². The summed E-state index contributed by atoms with van der Waals surface area (Å²) < 4.78 is 11.0. The zero-order valence-corrected chi connectivity index (χ0v) is 20.2. The summed E-state index contributed by atoms with van der Waals surface area (Å²) >= 11 is 0. The predicted molar refractivity (Wildman–Crippen MR) is 121 cm³/mol. The lowest BCUT2D eigenvalue weighted by Gasteiger charge is -2.61. The van der Waals surface area contributed by atoms with Crippen LogP contribution in [-0.4, -0.2) is 25.2 Å². The molecule has 4 nitrogen and oxygen atoms in total. The van der Waals surface area contributed by atoms with Crippen molar-refractivity contribution in [3.63, 3.8) is 0 Å². The van der Waals surface area contributed by atoms with Crippen LogP contribution in [-0.2, 0) is 19.1 Å². The van der Waals surface area contributed by atoms with E-state index in [4.69, 9.17) is 9.47 Å². The Balaban J connectivity index is 1.63. The summed E-state index contributed by atoms with van der Waals surface area (Å²) in [7, 11) is 1.47. The van der Waals surface area contributed by atoms with E-state index in [2.05, 4.69) is 32.9 Å². The molecule has 3 saturated carbocycles. The van der Waals surface area contributed by atoms with Gasteiger partial charge >= 0.3 is 11.9 Å². The number of hydrogen-bond acceptors (Lipinski definition) is 4. The molecule has 0 bridgehead atoms. The lowest BCUT2D eigenvalue weighted by atomic mass is 9.44. The molecule has 0 aromatic heterocycles. The van der Waals surface area contributed by atoms with Crippen molar-refractivity contribution in [3.8, 4) is 0 Å². The second-order valence-corrected chi connectivity index (χ2v) is 11.5. The van der Waals surface area contributed by atoms with Crippen molar-refractivity contribution in [3.05, 3.63) is 12.2 Å². The Labute approximate surface area is 188 Å². The number of allylic oxidation sites excluding steroid dienone is 2. The molecule has 174 valence electrons. The molecule has 0 saturated heterocycles. The van der Waals surface area contributed by atoms with E-state index in [1.165, 1.54) is 45.6 Å². The molecule has 0 amide bonds. The molecule has 0 unspecified atom stereocenters. The topological polar surface area (TPSA) is 52.6 Å². The first-order valence-corrected chi connectivity index (χ1v) is 12.6. The number of methoxy groups -OCH3 is 1. The molecule has 4 heteroatoms. The number of fused-ring (bicyclic) bond motifs is 5. The number of carbonyl (C=O) groups excluding carboxylic acids is 2. The number of ether oxygens (including phenoxy) is 2. The first kappa shape index (κ1) is 22.9. The Hall–Kier alpha value is -1.32. The molecule has 0 radical (unpaired) electrons. The van der Waals surface area contributed by atoms with E-state index < -0.39 is 0 Å². The minimum atomic E-state index is -0.141. The van der Waals surface area contributed by atoms with Gasteiger partial charge in [-0.15, -0.1) is 0 Å². The fraction of sp³-hybridized carbons (Fsp3) is 0.852. The van der Waals surface area contributed by atoms with Crippen LogP contribution >= 0.6 is 0 Å². The van der Waals surface area contributed by atoms with Gasteiger partial charge in [0.25, 0.3) is 0 Å². The van der Waals surface area contributed by atoms with Gasteiger partial charge in [0, 0.05) is 18.8 Å². The molecule has 0 aromatic carbocycles. The van der Waals surface area contributed by atoms with Gasteiger partial charge < -0.3 is 9.47 Å². The standard InChI is InChI=1S/C27H42O4/c1-17(9-14-25(29)30-5)21-12-13-22-20-11-10-19-8-6-7-15-26(19,3)23(20)16-24(27(21,22)4)31-18(2)28/h6,8,17,19-24H,7,9-16H2,1-5H3/t17-,19+,20+,21+,22-,23+,24+,26+,27+/m1/s1. The lowest BCUT2D eigenvalue weighted by molar-refractivity contribution is -0.189. The SMILES string of the molecule is COC(=O)CC[C@@H](C)[C@@H]1CC[C@@H]2[C@@H]3CC[C@@H]4C=CCC[C@]4(C)[C@H]3C[C@H](OC(C)=O)[C@]21C. The van der Waals surface area contributed by atoms with Gasteiger partial charge in [0.1, 0.15) is 6.10 Å². The summed E-state index contributed by atoms with van der Waals surface area (Å²) in [5, 5.41) is 0. The Bertz CT molecular complexity index is 729. The third-order valence-electron chi connectivity index (χ3n) is 10.3. The van der Waals surface area contributed by atoms with Crippen LogP contribution in [0, 0.1) is 46.3 Å². The second kappa shape index (κ2) is 8.56. The maximum Gasteiger partial charge on any atom is 0.305 e. The summed E-state index contributed by atoms with van der Waals surface area (Å²) in [6.07, 6.45) is 14.7. The number of rotatable bonds is 5. The molecule has 0 N–H and O–H groups in total. The third-order valence-corrected chi connectivity index (χ3v) is 10.3. The molecule has 4 aliphatic carbocycles. The monoisotopic (exact) mass is 430 g/mol. The van der Waals surface area contributed by atoms with Crippen molar-refractivity contribution in [2.45, 2.75) is 91.6 Å². The third kappa shape index (κ3) is 3.76. The van der Waals surface area contributed by atoms with Crippen molar-refractivity contribution in [1.29, 1.82) is 0 Å². The smallest absolute Gasteiger partial charge is 0.305 e. The van der Waals surface area contributed by atoms with Crippen molar-refractivity contribution in [2.24, 2.45) is 46.3 Å². The summed E-state index contributed by atoms with van der Waals surface area (Å²) in [4.78, 5) is 24.0. The predicted octanol–water partition coefficient (Wildman–Crippen LogP) is 5.94. The van der Waals surface area contributed by atoms with Crippen molar-refractivity contribution >= 4 is 11.9 Å². The Morgan fingerprint density at radius 3 is 2.61 bits per heavy atom. The first-order chi connectivity index (χ1) is 14.7. The molecule has 0 aromatic rings. The van der Waals surface area contributed by atoms with E-state index in [0.29, 0.717) is 41.4 Å². The number of esters is 2. The molecular formula is C27H42O4. The highest BCUT2D eigenvalue weighted by atomic mass is 16.5. The molecule has 31 heavy (non-hydrogen) atoms. The summed E-state index contributed by atoms with van der Waals surface area (Å²) in [5.41, 5.74) is 0.349. The van der Waals surface area contributed by atoms with Crippen molar-refractivity contribution in [1.82, 2.24) is 0 Å². The maximum atomic E-state index is 12.2. The highest BCUT2D eigenvalue weighted by molar-refractivity contribution is 5.69. The van der Waals surface area contributed by atoms with E-state index in [1.54, 1.807) is 6.92 Å². The number of hydrogen-bond donors (Lipinski definition) is 0. The Morgan fingerprint density at radius 1 is 1.13 bits per heavy atom. The zero-order chi connectivity index (χ0) is 22.4. The fourth-order valence-corrected chi connectivity index (χ4v) is 8.75. The minimum Gasteiger partial charge on any atom is -0.469 e. The van der Waals surface area contributed by atoms with E-state index in [1.807, 2.05) is 0 Å². The fourth-order valence-electron chi connectivity index (χ4n) is 8.75. The van der Waals surface area contributed by atoms with E-state index in [0.717, 1.165) is 18.8 Å². The van der Waals surface area contributed by atoms with Crippen LogP contribution in [0.15, 0.2) is 12.2 Å². The molecule has 0 heterocycles. The maximum absolute atomic E-state index is 12.2. The number of carbonyl (C=O) groups is 2. The quantitative estimate of drug-likeness (QED) is 0.400. The van der Waals surface area contributed by atoms with Crippen molar-refractivity contribution in [2.75, 3.05) is 7.11 Å². The van der Waals surface area contributed by atoms with Gasteiger partial charge in [-0.25, -0.2) is 0 Å². The molecule has 4 aliphatic rings. The van der Waals surface area contributed by atoms with Gasteiger partial charge in [-0.2, -0.15) is 0 Å². The lowest BCUT2D eigenvalue weighted by Crippen LogP contribution is -2.58. The van der Waals surface area contributed by atoms with Gasteiger partial charge in [-0.3, -0.25) is 9.59 Å². The summed E-state index contributed by atoms with van der Waals surface area (Å²) in [6.45, 7) is 8.81. The average Bonchev–Trinajstić information content (AvgIpc) is 3.10. The van der Waals surface area contributed by atoms with E-state index >= 15 is 0 Å². The zero-order valence-electron chi connectivity index (χ0n) is 20.2. The molecule has 3 fully saturated rings. The van der Waals surface area contributed by atoms with Crippen LogP contribution in [0.25, 0.3) is 0 Å². The molecule has 0 spiro atoms. The van der Waals surface area contributed by atoms with Gasteiger partial charge in [0.05, 0.1) is 7.11 Å². The molecule has 0 aliphatic heterocycles. The van der Waals surface area contributed by atoms with Crippen LogP contribution in [0.2, 0.25) is 0 Å². The van der Waals surface area contributed by atoms with Crippen molar-refractivity contribution < 1.29 is 19.1 Å². The molecular weight excluding hydrogens is 388 g/mol. The summed E-state index contributed by atoms with van der Waals surface area (Å²) in [6, 6.07) is 0. The Kier molecular flexibility index (Phi) is 6.31. The normalized spacial score (nSPS) is 44.5. The minimum absolute atomic E-state index is 0.00851. The van der Waals surface area contributed by atoms with Crippen LogP contribution < -0.4 is 0 Å². The van der Waals surface area contributed by atoms with Crippen LogP contribution in [0.5, 0.6) is 0 Å². The first-order valence-electron chi connectivity index (χ1n) is 12.6. The molecule has 4 rings (SSSR count). The highest BCUT2D eigenvalue weighted by Gasteiger charge is 2.64. The summed E-state index contributed by atoms with van der Waals surface area (Å²) in [5.74, 6) is 3.33. The van der Waals surface area contributed by atoms with E-state index in [-0.39, 0.29) is 23.5 Å². The van der Waals surface area contributed by atoms with Gasteiger partial charge in [-0.05, 0) is 92.3 Å². The largest absolute Gasteiger partial charge is 0.469 e.